The molecule has 2 amide bonds. The molecule has 3 N–H and O–H groups in total. The average Bonchev–Trinajstić information content (AvgIpc) is 2.23. The summed E-state index contributed by atoms with van der Waals surface area (Å²) in [6, 6.07) is 7.05. The van der Waals surface area contributed by atoms with E-state index in [1.807, 2.05) is 6.07 Å². The average molecular weight is 239 g/mol. The third-order valence-electron chi connectivity index (χ3n) is 1.71. The molecule has 0 bridgehead atoms. The minimum atomic E-state index is -0.579. The van der Waals surface area contributed by atoms with Crippen LogP contribution in [0, 0.1) is 0 Å². The van der Waals surface area contributed by atoms with Gasteiger partial charge in [-0.3, -0.25) is 9.59 Å². The molecule has 0 aliphatic rings. The molecule has 16 heavy (non-hydrogen) atoms. The van der Waals surface area contributed by atoms with Gasteiger partial charge in [-0.15, -0.1) is 0 Å². The first-order chi connectivity index (χ1) is 7.58. The monoisotopic (exact) mass is 238 g/mol. The maximum Gasteiger partial charge on any atom is 0.244 e. The summed E-state index contributed by atoms with van der Waals surface area (Å²) in [5.41, 5.74) is 5.68. The molecule has 1 aromatic rings. The van der Waals surface area contributed by atoms with E-state index >= 15 is 0 Å². The zero-order chi connectivity index (χ0) is 12.0. The van der Waals surface area contributed by atoms with Crippen LogP contribution in [0.4, 0.5) is 0 Å². The Morgan fingerprint density at radius 1 is 1.44 bits per heavy atom. The molecule has 84 valence electrons. The molecule has 0 heterocycles. The van der Waals surface area contributed by atoms with Crippen LogP contribution < -0.4 is 11.1 Å². The Labute approximate surface area is 98.1 Å². The largest absolute Gasteiger partial charge is 0.368 e. The number of amides is 2. The molecular formula is C11H11ClN2O2. The summed E-state index contributed by atoms with van der Waals surface area (Å²) in [6.45, 7) is -0.168. The lowest BCUT2D eigenvalue weighted by molar-refractivity contribution is -0.122. The minimum absolute atomic E-state index is 0.168. The van der Waals surface area contributed by atoms with Crippen molar-refractivity contribution in [1.82, 2.24) is 5.32 Å². The van der Waals surface area contributed by atoms with Crippen LogP contribution in [-0.2, 0) is 9.59 Å². The van der Waals surface area contributed by atoms with Crippen LogP contribution in [0.1, 0.15) is 5.56 Å². The van der Waals surface area contributed by atoms with Gasteiger partial charge in [-0.2, -0.15) is 0 Å². The van der Waals surface area contributed by atoms with Gasteiger partial charge in [0.25, 0.3) is 0 Å². The van der Waals surface area contributed by atoms with Crippen LogP contribution in [0.25, 0.3) is 6.08 Å². The molecule has 0 saturated carbocycles. The van der Waals surface area contributed by atoms with Crippen molar-refractivity contribution < 1.29 is 9.59 Å². The van der Waals surface area contributed by atoms with Crippen molar-refractivity contribution in [2.45, 2.75) is 0 Å². The zero-order valence-corrected chi connectivity index (χ0v) is 9.20. The van der Waals surface area contributed by atoms with Crippen molar-refractivity contribution in [3.8, 4) is 0 Å². The third-order valence-corrected chi connectivity index (χ3v) is 1.95. The fourth-order valence-corrected chi connectivity index (χ4v) is 1.21. The van der Waals surface area contributed by atoms with E-state index in [9.17, 15) is 9.59 Å². The Balaban J connectivity index is 2.53. The van der Waals surface area contributed by atoms with Gasteiger partial charge >= 0.3 is 0 Å². The van der Waals surface area contributed by atoms with Crippen molar-refractivity contribution in [3.63, 3.8) is 0 Å². The smallest absolute Gasteiger partial charge is 0.244 e. The van der Waals surface area contributed by atoms with E-state index < -0.39 is 5.91 Å². The molecule has 0 aliphatic carbocycles. The Hall–Kier alpha value is -1.81. The molecule has 0 aliphatic heterocycles. The lowest BCUT2D eigenvalue weighted by Gasteiger charge is -1.97. The highest BCUT2D eigenvalue weighted by Crippen LogP contribution is 2.11. The molecular weight excluding hydrogens is 228 g/mol. The minimum Gasteiger partial charge on any atom is -0.368 e. The molecule has 1 rings (SSSR count). The normalized spacial score (nSPS) is 10.3. The molecule has 0 spiro atoms. The number of hydrogen-bond acceptors (Lipinski definition) is 2. The van der Waals surface area contributed by atoms with Crippen molar-refractivity contribution in [2.24, 2.45) is 5.73 Å². The first-order valence-electron chi connectivity index (χ1n) is 4.58. The van der Waals surface area contributed by atoms with Crippen LogP contribution in [-0.4, -0.2) is 18.4 Å². The quantitative estimate of drug-likeness (QED) is 0.767. The predicted octanol–water partition coefficient (Wildman–Crippen LogP) is 0.955. The van der Waals surface area contributed by atoms with Crippen LogP contribution in [0.15, 0.2) is 30.3 Å². The van der Waals surface area contributed by atoms with E-state index in [4.69, 9.17) is 17.3 Å². The molecule has 0 radical (unpaired) electrons. The number of carbonyl (C=O) groups is 2. The Bertz CT molecular complexity index is 430. The topological polar surface area (TPSA) is 72.2 Å². The Morgan fingerprint density at radius 3 is 2.81 bits per heavy atom. The van der Waals surface area contributed by atoms with E-state index in [1.54, 1.807) is 24.3 Å². The van der Waals surface area contributed by atoms with Crippen LogP contribution in [0.2, 0.25) is 5.02 Å². The molecule has 0 atom stereocenters. The van der Waals surface area contributed by atoms with Gasteiger partial charge in [-0.05, 0) is 23.8 Å². The zero-order valence-electron chi connectivity index (χ0n) is 8.44. The maximum atomic E-state index is 11.2. The van der Waals surface area contributed by atoms with E-state index in [0.29, 0.717) is 5.02 Å². The van der Waals surface area contributed by atoms with Gasteiger partial charge in [0.05, 0.1) is 6.54 Å². The summed E-state index contributed by atoms with van der Waals surface area (Å²) in [6.07, 6.45) is 2.91. The second-order valence-electron chi connectivity index (χ2n) is 3.07. The fraction of sp³-hybridized carbons (Fsp3) is 0.0909. The summed E-state index contributed by atoms with van der Waals surface area (Å²) in [4.78, 5) is 21.6. The summed E-state index contributed by atoms with van der Waals surface area (Å²) in [7, 11) is 0. The van der Waals surface area contributed by atoms with Crippen molar-refractivity contribution in [2.75, 3.05) is 6.54 Å². The molecule has 1 aromatic carbocycles. The van der Waals surface area contributed by atoms with E-state index in [-0.39, 0.29) is 12.5 Å². The number of hydrogen-bond donors (Lipinski definition) is 2. The van der Waals surface area contributed by atoms with Crippen LogP contribution >= 0.6 is 11.6 Å². The first-order valence-corrected chi connectivity index (χ1v) is 4.95. The number of benzene rings is 1. The molecule has 0 fully saturated rings. The molecule has 0 unspecified atom stereocenters. The van der Waals surface area contributed by atoms with Crippen molar-refractivity contribution >= 4 is 29.5 Å². The van der Waals surface area contributed by atoms with E-state index in [0.717, 1.165) is 5.56 Å². The summed E-state index contributed by atoms with van der Waals surface area (Å²) in [5, 5.41) is 2.93. The standard InChI is InChI=1S/C11H11ClN2O2/c12-9-3-1-2-8(6-9)4-5-11(16)14-7-10(13)15/h1-6H,7H2,(H2,13,15)(H,14,16). The molecule has 0 aromatic heterocycles. The predicted molar refractivity (Wildman–Crippen MR) is 62.7 cm³/mol. The van der Waals surface area contributed by atoms with Crippen molar-refractivity contribution in [1.29, 1.82) is 0 Å². The molecule has 0 saturated heterocycles. The highest BCUT2D eigenvalue weighted by atomic mass is 35.5. The van der Waals surface area contributed by atoms with Gasteiger partial charge in [0.1, 0.15) is 0 Å². The van der Waals surface area contributed by atoms with E-state index in [2.05, 4.69) is 5.32 Å². The van der Waals surface area contributed by atoms with Crippen LogP contribution in [0.5, 0.6) is 0 Å². The lowest BCUT2D eigenvalue weighted by atomic mass is 10.2. The van der Waals surface area contributed by atoms with Crippen LogP contribution in [0.3, 0.4) is 0 Å². The second kappa shape index (κ2) is 5.92. The lowest BCUT2D eigenvalue weighted by Crippen LogP contribution is -2.32. The second-order valence-corrected chi connectivity index (χ2v) is 3.51. The fourth-order valence-electron chi connectivity index (χ4n) is 1.02. The van der Waals surface area contributed by atoms with Gasteiger partial charge in [0.15, 0.2) is 0 Å². The Kier molecular flexibility index (Phi) is 4.54. The van der Waals surface area contributed by atoms with E-state index in [1.165, 1.54) is 6.08 Å². The van der Waals surface area contributed by atoms with Gasteiger partial charge < -0.3 is 11.1 Å². The molecule has 4 nitrogen and oxygen atoms in total. The highest BCUT2D eigenvalue weighted by Gasteiger charge is 1.97. The van der Waals surface area contributed by atoms with Gasteiger partial charge in [0, 0.05) is 11.1 Å². The first kappa shape index (κ1) is 12.3. The number of primary amides is 1. The number of nitrogens with one attached hydrogen (secondary N) is 1. The number of halogens is 1. The summed E-state index contributed by atoms with van der Waals surface area (Å²) < 4.78 is 0. The van der Waals surface area contributed by atoms with Crippen molar-refractivity contribution in [3.05, 3.63) is 40.9 Å². The third kappa shape index (κ3) is 4.61. The highest BCUT2D eigenvalue weighted by molar-refractivity contribution is 6.30. The van der Waals surface area contributed by atoms with Gasteiger partial charge in [0.2, 0.25) is 11.8 Å². The summed E-state index contributed by atoms with van der Waals surface area (Å²) in [5.74, 6) is -0.955. The summed E-state index contributed by atoms with van der Waals surface area (Å²) >= 11 is 5.77. The maximum absolute atomic E-state index is 11.2. The SMILES string of the molecule is NC(=O)CNC(=O)C=Cc1cccc(Cl)c1. The Morgan fingerprint density at radius 2 is 2.19 bits per heavy atom. The number of nitrogens with two attached hydrogens (primary N) is 1. The number of carbonyl (C=O) groups excluding carboxylic acids is 2. The number of rotatable bonds is 4. The molecule has 5 heteroatoms. The van der Waals surface area contributed by atoms with Gasteiger partial charge in [-0.1, -0.05) is 23.7 Å². The van der Waals surface area contributed by atoms with Gasteiger partial charge in [-0.25, -0.2) is 0 Å².